The first-order valence-corrected chi connectivity index (χ1v) is 11.5. The second-order valence-corrected chi connectivity index (χ2v) is 8.56. The number of rotatable bonds is 10. The maximum Gasteiger partial charge on any atom is 0.349 e. The summed E-state index contributed by atoms with van der Waals surface area (Å²) in [6.07, 6.45) is 2.79. The predicted molar refractivity (Wildman–Crippen MR) is 130 cm³/mol. The van der Waals surface area contributed by atoms with Crippen molar-refractivity contribution < 1.29 is 9.53 Å². The van der Waals surface area contributed by atoms with Crippen LogP contribution in [0.3, 0.4) is 0 Å². The van der Waals surface area contributed by atoms with Crippen molar-refractivity contribution in [2.45, 2.75) is 52.7 Å². The van der Waals surface area contributed by atoms with Crippen molar-refractivity contribution in [1.82, 2.24) is 19.5 Å². The van der Waals surface area contributed by atoms with E-state index in [2.05, 4.69) is 15.0 Å². The number of nitrogens with one attached hydrogen (secondary N) is 1. The van der Waals surface area contributed by atoms with Crippen LogP contribution in [-0.4, -0.2) is 31.9 Å². The Morgan fingerprint density at radius 1 is 1.00 bits per heavy atom. The molecule has 0 atom stereocenters. The number of aromatic nitrogens is 4. The zero-order valence-electron chi connectivity index (χ0n) is 19.5. The molecule has 2 aliphatic rings. The summed E-state index contributed by atoms with van der Waals surface area (Å²) in [4.78, 5) is 47.1. The summed E-state index contributed by atoms with van der Waals surface area (Å²) < 4.78 is 7.41. The lowest BCUT2D eigenvalue weighted by Gasteiger charge is -2.17. The Morgan fingerprint density at radius 2 is 1.76 bits per heavy atom. The number of aryl methyl sites for hydroxylation is 3. The molecular formula is C26H28N4O4. The standard InChI is InChI=1S/C26H28N4O4/c1-17-13-21-22(14-18(17)2)30(24-23(27-21)25(32)29-26(33)28-24)12-8-4-7-11-20(31)16-34-15-19-9-5-3-6-10-19/h3,5-6,9-10,13-14H,4,7-8,11-12,15-16H2,1-2H3,(H,29,32,33). The highest BCUT2D eigenvalue weighted by Crippen LogP contribution is 2.24. The van der Waals surface area contributed by atoms with Crippen LogP contribution in [0.5, 0.6) is 0 Å². The summed E-state index contributed by atoms with van der Waals surface area (Å²) in [5.41, 5.74) is 3.66. The normalized spacial score (nSPS) is 11.4. The number of hydrogen-bond acceptors (Lipinski definition) is 6. The van der Waals surface area contributed by atoms with Crippen LogP contribution in [-0.2, 0) is 22.7 Å². The van der Waals surface area contributed by atoms with E-state index in [-0.39, 0.29) is 23.9 Å². The van der Waals surface area contributed by atoms with Gasteiger partial charge in [0, 0.05) is 13.0 Å². The number of ketones is 1. The fraction of sp³-hybridized carbons (Fsp3) is 0.346. The quantitative estimate of drug-likeness (QED) is 0.287. The van der Waals surface area contributed by atoms with Crippen molar-refractivity contribution in [3.05, 3.63) is 80.0 Å². The average molecular weight is 461 g/mol. The lowest BCUT2D eigenvalue weighted by atomic mass is 10.1. The van der Waals surface area contributed by atoms with E-state index in [4.69, 9.17) is 4.74 Å². The number of Topliss-reactive ketones (excluding diaryl/α,β-unsaturated/α-hetero) is 1. The highest BCUT2D eigenvalue weighted by molar-refractivity contribution is 5.81. The highest BCUT2D eigenvalue weighted by atomic mass is 16.5. The lowest BCUT2D eigenvalue weighted by molar-refractivity contribution is -0.124. The van der Waals surface area contributed by atoms with E-state index in [1.165, 1.54) is 0 Å². The Morgan fingerprint density at radius 3 is 2.56 bits per heavy atom. The molecule has 0 unspecified atom stereocenters. The second-order valence-electron chi connectivity index (χ2n) is 8.56. The van der Waals surface area contributed by atoms with Crippen LogP contribution in [0.25, 0.3) is 22.6 Å². The smallest absolute Gasteiger partial charge is 0.349 e. The first-order chi connectivity index (χ1) is 16.4. The lowest BCUT2D eigenvalue weighted by Crippen LogP contribution is -2.29. The maximum atomic E-state index is 12.4. The fourth-order valence-corrected chi connectivity index (χ4v) is 3.97. The van der Waals surface area contributed by atoms with Gasteiger partial charge in [-0.1, -0.05) is 36.8 Å². The SMILES string of the molecule is Cc1cc2nc3c(=O)[nH]c(=O)nc-3n(CCCCCC(=O)COCc3ccccc3)c2cc1C. The highest BCUT2D eigenvalue weighted by Gasteiger charge is 2.19. The molecule has 2 aliphatic heterocycles. The Bertz CT molecular complexity index is 1390. The van der Waals surface area contributed by atoms with Crippen molar-refractivity contribution in [1.29, 1.82) is 0 Å². The van der Waals surface area contributed by atoms with Gasteiger partial charge in [0.2, 0.25) is 0 Å². The number of hydrogen-bond donors (Lipinski definition) is 1. The molecule has 0 bridgehead atoms. The van der Waals surface area contributed by atoms with Crippen molar-refractivity contribution in [3.8, 4) is 11.5 Å². The summed E-state index contributed by atoms with van der Waals surface area (Å²) >= 11 is 0. The van der Waals surface area contributed by atoms with Gasteiger partial charge in [-0.15, -0.1) is 0 Å². The van der Waals surface area contributed by atoms with Crippen LogP contribution in [0.1, 0.15) is 42.4 Å². The topological polar surface area (TPSA) is 107 Å². The second kappa shape index (κ2) is 10.5. The van der Waals surface area contributed by atoms with Gasteiger partial charge in [0.05, 0.1) is 17.6 Å². The summed E-state index contributed by atoms with van der Waals surface area (Å²) in [5.74, 6) is 0.369. The zero-order valence-corrected chi connectivity index (χ0v) is 19.5. The zero-order chi connectivity index (χ0) is 24.1. The van der Waals surface area contributed by atoms with Gasteiger partial charge >= 0.3 is 5.69 Å². The van der Waals surface area contributed by atoms with E-state index in [9.17, 15) is 14.4 Å². The first kappa shape index (κ1) is 23.5. The Hall–Kier alpha value is -3.65. The van der Waals surface area contributed by atoms with Gasteiger partial charge in [-0.3, -0.25) is 14.6 Å². The van der Waals surface area contributed by atoms with Crippen LogP contribution >= 0.6 is 0 Å². The molecule has 34 heavy (non-hydrogen) atoms. The minimum Gasteiger partial charge on any atom is -0.369 e. The fourth-order valence-electron chi connectivity index (χ4n) is 3.97. The molecular weight excluding hydrogens is 432 g/mol. The number of benzene rings is 2. The van der Waals surface area contributed by atoms with Gasteiger partial charge in [0.25, 0.3) is 5.56 Å². The van der Waals surface area contributed by atoms with E-state index in [0.717, 1.165) is 41.5 Å². The monoisotopic (exact) mass is 460 g/mol. The maximum absolute atomic E-state index is 12.4. The van der Waals surface area contributed by atoms with Crippen molar-refractivity contribution >= 4 is 16.8 Å². The number of ether oxygens (including phenoxy) is 1. The molecule has 0 saturated carbocycles. The molecule has 8 nitrogen and oxygen atoms in total. The molecule has 0 aromatic heterocycles. The number of carbonyl (C=O) groups is 1. The molecule has 0 aliphatic carbocycles. The predicted octanol–water partition coefficient (Wildman–Crippen LogP) is 3.55. The molecule has 0 radical (unpaired) electrons. The number of carbonyl (C=O) groups excluding carboxylic acids is 1. The molecule has 2 heterocycles. The third-order valence-corrected chi connectivity index (χ3v) is 5.94. The molecule has 0 saturated heterocycles. The average Bonchev–Trinajstić information content (AvgIpc) is 2.81. The van der Waals surface area contributed by atoms with Crippen LogP contribution < -0.4 is 11.2 Å². The van der Waals surface area contributed by atoms with E-state index in [1.807, 2.05) is 60.9 Å². The van der Waals surface area contributed by atoms with Crippen LogP contribution in [0.4, 0.5) is 0 Å². The largest absolute Gasteiger partial charge is 0.369 e. The molecule has 0 fully saturated rings. The van der Waals surface area contributed by atoms with Crippen molar-refractivity contribution in [2.24, 2.45) is 0 Å². The third-order valence-electron chi connectivity index (χ3n) is 5.94. The molecule has 2 aromatic carbocycles. The van der Waals surface area contributed by atoms with Gasteiger partial charge in [0.15, 0.2) is 17.3 Å². The number of nitrogens with zero attached hydrogens (tertiary/aromatic N) is 3. The van der Waals surface area contributed by atoms with E-state index in [1.54, 1.807) is 0 Å². The van der Waals surface area contributed by atoms with Gasteiger partial charge in [0.1, 0.15) is 6.61 Å². The summed E-state index contributed by atoms with van der Waals surface area (Å²) in [5, 5.41) is 0. The molecule has 4 rings (SSSR count). The summed E-state index contributed by atoms with van der Waals surface area (Å²) in [7, 11) is 0. The van der Waals surface area contributed by atoms with E-state index in [0.29, 0.717) is 25.1 Å². The van der Waals surface area contributed by atoms with Crippen LogP contribution in [0, 0.1) is 13.8 Å². The number of H-pyrrole nitrogens is 1. The third kappa shape index (κ3) is 5.46. The molecule has 2 aromatic rings. The molecule has 1 N–H and O–H groups in total. The molecule has 8 heteroatoms. The number of unbranched alkanes of at least 4 members (excludes halogenated alkanes) is 2. The molecule has 0 amide bonds. The minimum absolute atomic E-state index is 0.0821. The Kier molecular flexibility index (Phi) is 7.27. The summed E-state index contributed by atoms with van der Waals surface area (Å²) in [6.45, 7) is 5.11. The van der Waals surface area contributed by atoms with Gasteiger partial charge in [-0.05, 0) is 55.5 Å². The van der Waals surface area contributed by atoms with Gasteiger partial charge in [-0.25, -0.2) is 9.78 Å². The van der Waals surface area contributed by atoms with Crippen LogP contribution in [0.15, 0.2) is 52.1 Å². The van der Waals surface area contributed by atoms with Gasteiger partial charge in [-0.2, -0.15) is 4.98 Å². The Balaban J connectivity index is 1.38. The number of fused-ring (bicyclic) bond motifs is 2. The van der Waals surface area contributed by atoms with Crippen LogP contribution in [0.2, 0.25) is 0 Å². The van der Waals surface area contributed by atoms with Gasteiger partial charge < -0.3 is 9.30 Å². The first-order valence-electron chi connectivity index (χ1n) is 11.5. The molecule has 176 valence electrons. The van der Waals surface area contributed by atoms with Crippen molar-refractivity contribution in [3.63, 3.8) is 0 Å². The summed E-state index contributed by atoms with van der Waals surface area (Å²) in [6, 6.07) is 13.7. The molecule has 0 spiro atoms. The Labute approximate surface area is 197 Å². The number of aromatic amines is 1. The van der Waals surface area contributed by atoms with Crippen molar-refractivity contribution in [2.75, 3.05) is 6.61 Å². The minimum atomic E-state index is -0.683. The van der Waals surface area contributed by atoms with E-state index < -0.39 is 11.2 Å². The van der Waals surface area contributed by atoms with E-state index >= 15 is 0 Å².